The summed E-state index contributed by atoms with van der Waals surface area (Å²) in [4.78, 5) is 5.33. The Labute approximate surface area is 404 Å². The van der Waals surface area contributed by atoms with E-state index in [9.17, 15) is 0 Å². The van der Waals surface area contributed by atoms with Crippen LogP contribution in [0.25, 0.3) is 102 Å². The minimum atomic E-state index is 0.0479. The first kappa shape index (κ1) is 40.4. The second-order valence-corrected chi connectivity index (χ2v) is 23.9. The number of furan rings is 1. The monoisotopic (exact) mass is 915 g/mol. The lowest BCUT2D eigenvalue weighted by Crippen LogP contribution is -2.37. The first-order chi connectivity index (χ1) is 32.8. The number of nitrogens with zero attached hydrogens (tertiary/aromatic N) is 2. The molecule has 0 unspecified atom stereocenters. The molecule has 4 nitrogen and oxygen atoms in total. The largest absolute Gasteiger partial charge is 0.456 e. The van der Waals surface area contributed by atoms with Gasteiger partial charge in [0, 0.05) is 75.8 Å². The van der Waals surface area contributed by atoms with Crippen LogP contribution in [0.15, 0.2) is 144 Å². The fourth-order valence-corrected chi connectivity index (χ4v) is 14.1. The van der Waals surface area contributed by atoms with Crippen molar-refractivity contribution >= 4 is 126 Å². The zero-order chi connectivity index (χ0) is 46.0. The number of anilines is 2. The van der Waals surface area contributed by atoms with Gasteiger partial charge in [-0.25, -0.2) is 4.98 Å². The second kappa shape index (κ2) is 14.0. The quantitative estimate of drug-likeness (QED) is 0.179. The molecule has 2 aliphatic rings. The van der Waals surface area contributed by atoms with Gasteiger partial charge in [0.05, 0.1) is 21.4 Å². The third kappa shape index (κ3) is 5.82. The SMILES string of the molecule is CC(C)(C)c1ccc(Nc2cc3oc4ccccc4c3cc2-c2c3c4c(c5cc6c(cc5n4-c4cc5sc(-c7ccccc7)nc5cc4B3)C(C)(C)CCC6(C)C)c3c2sc2ccccc23)cc1. The van der Waals surface area contributed by atoms with Crippen molar-refractivity contribution in [1.29, 1.82) is 0 Å². The van der Waals surface area contributed by atoms with E-state index in [0.717, 1.165) is 63.1 Å². The first-order valence-corrected chi connectivity index (χ1v) is 25.7. The topological polar surface area (TPSA) is 43.0 Å². The molecule has 0 fully saturated rings. The molecule has 68 heavy (non-hydrogen) atoms. The van der Waals surface area contributed by atoms with Crippen molar-refractivity contribution in [2.45, 2.75) is 77.6 Å². The fraction of sp³-hybridized carbons (Fsp3) is 0.197. The average Bonchev–Trinajstić information content (AvgIpc) is 4.10. The number of thiazole rings is 1. The van der Waals surface area contributed by atoms with Crippen molar-refractivity contribution in [2.75, 3.05) is 5.32 Å². The van der Waals surface area contributed by atoms with Crippen molar-refractivity contribution in [3.05, 3.63) is 156 Å². The maximum Gasteiger partial charge on any atom is 0.198 e. The number of thiophene rings is 1. The van der Waals surface area contributed by atoms with Crippen molar-refractivity contribution in [3.8, 4) is 27.4 Å². The predicted octanol–water partition coefficient (Wildman–Crippen LogP) is 16.1. The fourth-order valence-electron chi connectivity index (χ4n) is 11.9. The summed E-state index contributed by atoms with van der Waals surface area (Å²) in [6, 6.07) is 52.0. The summed E-state index contributed by atoms with van der Waals surface area (Å²) in [5, 5.41) is 12.7. The smallest absolute Gasteiger partial charge is 0.198 e. The highest BCUT2D eigenvalue weighted by atomic mass is 32.1. The molecule has 1 N–H and O–H groups in total. The maximum absolute atomic E-state index is 6.67. The zero-order valence-corrected chi connectivity index (χ0v) is 41.2. The third-order valence-corrected chi connectivity index (χ3v) is 17.9. The van der Waals surface area contributed by atoms with E-state index >= 15 is 0 Å². The maximum atomic E-state index is 6.67. The lowest BCUT2D eigenvalue weighted by Gasteiger charge is -2.42. The number of fused-ring (bicyclic) bond motifs is 14. The Morgan fingerprint density at radius 1 is 0.662 bits per heavy atom. The molecule has 0 saturated carbocycles. The van der Waals surface area contributed by atoms with Crippen molar-refractivity contribution in [2.24, 2.45) is 0 Å². The van der Waals surface area contributed by atoms with Crippen molar-refractivity contribution in [1.82, 2.24) is 9.55 Å². The summed E-state index contributed by atoms with van der Waals surface area (Å²) in [7, 11) is 0.774. The summed E-state index contributed by atoms with van der Waals surface area (Å²) in [5.74, 6) is 0. The van der Waals surface area contributed by atoms with E-state index in [2.05, 4.69) is 198 Å². The highest BCUT2D eigenvalue weighted by Gasteiger charge is 2.39. The standard InChI is InChI=1S/C61H50BN3OS2/c1-59(2,3)34-21-23-35(24-22-34)63-44-31-49-38(36-17-11-13-19-48(36)66-49)27-39(44)54-55-56-52(53-37-18-12-14-20-50(37)67-57(53)54)40-28-41-42(61(6,7)26-25-60(41,4)5)29-46(40)65(56)47-32-51-45(30-43(47)62-55)64-58(68-51)33-15-9-8-10-16-33/h8-24,27-32,62-63H,25-26H2,1-7H3. The van der Waals surface area contributed by atoms with Crippen molar-refractivity contribution < 1.29 is 4.42 Å². The number of rotatable bonds is 4. The van der Waals surface area contributed by atoms with E-state index in [1.807, 2.05) is 11.3 Å². The summed E-state index contributed by atoms with van der Waals surface area (Å²) in [6.45, 7) is 16.7. The molecular weight excluding hydrogens is 866 g/mol. The summed E-state index contributed by atoms with van der Waals surface area (Å²) in [5.41, 5.74) is 19.5. The Kier molecular flexibility index (Phi) is 8.30. The predicted molar refractivity (Wildman–Crippen MR) is 295 cm³/mol. The third-order valence-electron chi connectivity index (χ3n) is 15.6. The molecule has 8 aromatic carbocycles. The van der Waals surface area contributed by atoms with E-state index in [1.165, 1.54) is 97.5 Å². The van der Waals surface area contributed by atoms with Gasteiger partial charge in [-0.2, -0.15) is 0 Å². The molecule has 12 aromatic rings. The Hall–Kier alpha value is -6.67. The molecule has 0 radical (unpaired) electrons. The van der Waals surface area contributed by atoms with E-state index in [-0.39, 0.29) is 16.2 Å². The molecule has 5 heterocycles. The molecule has 0 amide bonds. The lowest BCUT2D eigenvalue weighted by atomic mass is 9.58. The van der Waals surface area contributed by atoms with Crippen LogP contribution in [0.3, 0.4) is 0 Å². The highest BCUT2D eigenvalue weighted by molar-refractivity contribution is 7.26. The Morgan fingerprint density at radius 2 is 1.38 bits per heavy atom. The van der Waals surface area contributed by atoms with Crippen LogP contribution < -0.4 is 16.2 Å². The Morgan fingerprint density at radius 3 is 2.16 bits per heavy atom. The first-order valence-electron chi connectivity index (χ1n) is 24.1. The molecule has 0 atom stereocenters. The molecule has 1 aliphatic heterocycles. The van der Waals surface area contributed by atoms with Gasteiger partial charge in [0.2, 0.25) is 0 Å². The van der Waals surface area contributed by atoms with Gasteiger partial charge >= 0.3 is 0 Å². The summed E-state index contributed by atoms with van der Waals surface area (Å²) in [6.07, 6.45) is 2.33. The van der Waals surface area contributed by atoms with E-state index in [1.54, 1.807) is 11.3 Å². The Bertz CT molecular complexity index is 4120. The second-order valence-electron chi connectivity index (χ2n) is 21.9. The van der Waals surface area contributed by atoms with Gasteiger partial charge in [-0.15, -0.1) is 22.7 Å². The molecule has 330 valence electrons. The van der Waals surface area contributed by atoms with Gasteiger partial charge in [-0.05, 0) is 111 Å². The van der Waals surface area contributed by atoms with Gasteiger partial charge in [0.15, 0.2) is 7.28 Å². The molecule has 0 bridgehead atoms. The summed E-state index contributed by atoms with van der Waals surface area (Å²) >= 11 is 3.74. The van der Waals surface area contributed by atoms with Crippen LogP contribution in [0.2, 0.25) is 0 Å². The minimum Gasteiger partial charge on any atom is -0.456 e. The molecule has 7 heteroatoms. The highest BCUT2D eigenvalue weighted by Crippen LogP contribution is 2.53. The van der Waals surface area contributed by atoms with Gasteiger partial charge in [0.1, 0.15) is 16.2 Å². The molecule has 4 aromatic heterocycles. The number of hydrogen-bond acceptors (Lipinski definition) is 5. The van der Waals surface area contributed by atoms with Gasteiger partial charge in [-0.3, -0.25) is 0 Å². The number of aromatic nitrogens is 2. The van der Waals surface area contributed by atoms with Crippen LogP contribution in [0.5, 0.6) is 0 Å². The number of nitrogens with one attached hydrogen (secondary N) is 1. The normalized spacial score (nSPS) is 15.2. The molecule has 14 rings (SSSR count). The average molecular weight is 916 g/mol. The number of hydrogen-bond donors (Lipinski definition) is 1. The van der Waals surface area contributed by atoms with Gasteiger partial charge in [0.25, 0.3) is 0 Å². The van der Waals surface area contributed by atoms with Gasteiger partial charge < -0.3 is 14.3 Å². The summed E-state index contributed by atoms with van der Waals surface area (Å²) < 4.78 is 13.2. The van der Waals surface area contributed by atoms with Gasteiger partial charge in [-0.1, -0.05) is 133 Å². The van der Waals surface area contributed by atoms with Crippen LogP contribution in [-0.4, -0.2) is 16.8 Å². The van der Waals surface area contributed by atoms with Crippen LogP contribution >= 0.6 is 22.7 Å². The van der Waals surface area contributed by atoms with E-state index in [4.69, 9.17) is 9.40 Å². The molecule has 0 spiro atoms. The number of benzene rings is 8. The van der Waals surface area contributed by atoms with Crippen LogP contribution in [0, 0.1) is 0 Å². The van der Waals surface area contributed by atoms with Crippen LogP contribution in [0.4, 0.5) is 11.4 Å². The lowest BCUT2D eigenvalue weighted by molar-refractivity contribution is 0.332. The molecule has 0 saturated heterocycles. The van der Waals surface area contributed by atoms with E-state index < -0.39 is 0 Å². The minimum absolute atomic E-state index is 0.0479. The van der Waals surface area contributed by atoms with E-state index in [0.29, 0.717) is 0 Å². The molecule has 1 aliphatic carbocycles. The molecular formula is C61H50BN3OS2. The number of para-hydroxylation sites is 1. The van der Waals surface area contributed by atoms with Crippen LogP contribution in [0.1, 0.15) is 78.0 Å². The van der Waals surface area contributed by atoms with Crippen molar-refractivity contribution in [3.63, 3.8) is 0 Å². The van der Waals surface area contributed by atoms with Crippen LogP contribution in [-0.2, 0) is 16.2 Å². The zero-order valence-electron chi connectivity index (χ0n) is 39.5. The Balaban J connectivity index is 1.15.